The quantitative estimate of drug-likeness (QED) is 0.839. The third kappa shape index (κ3) is 3.01. The van der Waals surface area contributed by atoms with Gasteiger partial charge >= 0.3 is 0 Å². The Balaban J connectivity index is 1.61. The fourth-order valence-corrected chi connectivity index (χ4v) is 4.12. The zero-order valence-electron chi connectivity index (χ0n) is 13.0. The fraction of sp³-hybridized carbons (Fsp3) is 0.938. The molecule has 1 amide bonds. The number of hydrogen-bond donors (Lipinski definition) is 1. The number of amides is 1. The minimum atomic E-state index is 0.0679. The van der Waals surface area contributed by atoms with Crippen molar-refractivity contribution in [1.29, 1.82) is 0 Å². The second-order valence-corrected chi connectivity index (χ2v) is 6.98. The minimum absolute atomic E-state index is 0.0679. The molecular weight excluding hydrogens is 250 g/mol. The van der Waals surface area contributed by atoms with Crippen molar-refractivity contribution < 1.29 is 4.79 Å². The summed E-state index contributed by atoms with van der Waals surface area (Å²) >= 11 is 0. The van der Waals surface area contributed by atoms with Crippen LogP contribution in [0.1, 0.15) is 32.6 Å². The van der Waals surface area contributed by atoms with E-state index in [2.05, 4.69) is 22.0 Å². The van der Waals surface area contributed by atoms with E-state index >= 15 is 0 Å². The first-order chi connectivity index (χ1) is 9.71. The van der Waals surface area contributed by atoms with Gasteiger partial charge in [-0.1, -0.05) is 6.92 Å². The van der Waals surface area contributed by atoms with Gasteiger partial charge in [0.15, 0.2) is 0 Å². The Morgan fingerprint density at radius 1 is 1.25 bits per heavy atom. The van der Waals surface area contributed by atoms with Crippen LogP contribution in [0.2, 0.25) is 0 Å². The molecule has 0 aromatic carbocycles. The lowest BCUT2D eigenvalue weighted by atomic mass is 9.97. The average Bonchev–Trinajstić information content (AvgIpc) is 3.21. The Bertz CT molecular complexity index is 360. The van der Waals surface area contributed by atoms with E-state index in [4.69, 9.17) is 0 Å². The lowest BCUT2D eigenvalue weighted by Crippen LogP contribution is -2.48. The predicted molar refractivity (Wildman–Crippen MR) is 80.5 cm³/mol. The zero-order valence-corrected chi connectivity index (χ0v) is 13.0. The Morgan fingerprint density at radius 2 is 2.10 bits per heavy atom. The van der Waals surface area contributed by atoms with Crippen LogP contribution < -0.4 is 5.32 Å². The van der Waals surface area contributed by atoms with Gasteiger partial charge in [-0.25, -0.2) is 0 Å². The third-order valence-electron chi connectivity index (χ3n) is 5.55. The van der Waals surface area contributed by atoms with Gasteiger partial charge in [0.1, 0.15) is 0 Å². The van der Waals surface area contributed by atoms with Crippen LogP contribution >= 0.6 is 0 Å². The van der Waals surface area contributed by atoms with E-state index in [0.717, 1.165) is 37.9 Å². The van der Waals surface area contributed by atoms with E-state index in [-0.39, 0.29) is 6.04 Å². The van der Waals surface area contributed by atoms with Crippen LogP contribution in [-0.2, 0) is 4.79 Å². The summed E-state index contributed by atoms with van der Waals surface area (Å²) in [6, 6.07) is 0.0679. The van der Waals surface area contributed by atoms with Crippen molar-refractivity contribution in [1.82, 2.24) is 15.1 Å². The van der Waals surface area contributed by atoms with Crippen molar-refractivity contribution in [2.45, 2.75) is 38.6 Å². The molecular formula is C16H29N3O. The van der Waals surface area contributed by atoms with Gasteiger partial charge in [-0.15, -0.1) is 0 Å². The predicted octanol–water partition coefficient (Wildman–Crippen LogP) is 1.17. The molecule has 2 saturated heterocycles. The van der Waals surface area contributed by atoms with Crippen molar-refractivity contribution in [3.8, 4) is 0 Å². The van der Waals surface area contributed by atoms with Gasteiger partial charge in [0, 0.05) is 19.6 Å². The van der Waals surface area contributed by atoms with E-state index in [9.17, 15) is 4.79 Å². The number of hydrogen-bond acceptors (Lipinski definition) is 3. The van der Waals surface area contributed by atoms with Gasteiger partial charge in [-0.3, -0.25) is 4.79 Å². The summed E-state index contributed by atoms with van der Waals surface area (Å²) in [5.74, 6) is 2.64. The number of carbonyl (C=O) groups excluding carboxylic acids is 1. The third-order valence-corrected chi connectivity index (χ3v) is 5.55. The molecule has 0 bridgehead atoms. The van der Waals surface area contributed by atoms with E-state index in [1.807, 2.05) is 7.05 Å². The zero-order chi connectivity index (χ0) is 14.1. The van der Waals surface area contributed by atoms with Gasteiger partial charge in [-0.05, 0) is 63.6 Å². The summed E-state index contributed by atoms with van der Waals surface area (Å²) in [6.07, 6.45) is 4.98. The molecule has 0 radical (unpaired) electrons. The number of likely N-dealkylation sites (tertiary alicyclic amines) is 2. The maximum atomic E-state index is 12.6. The standard InChI is InChI=1S/C16H29N3O/c1-3-18-6-4-5-12(9-18)10-19-11-14-7-13(14)8-15(17-2)16(19)20/h12-15,17H,3-11H2,1-2H3. The van der Waals surface area contributed by atoms with Crippen molar-refractivity contribution >= 4 is 5.91 Å². The molecule has 3 fully saturated rings. The van der Waals surface area contributed by atoms with Crippen LogP contribution in [0.15, 0.2) is 0 Å². The molecule has 1 aliphatic carbocycles. The second-order valence-electron chi connectivity index (χ2n) is 6.98. The van der Waals surface area contributed by atoms with Gasteiger partial charge in [0.05, 0.1) is 6.04 Å². The van der Waals surface area contributed by atoms with Gasteiger partial charge < -0.3 is 15.1 Å². The molecule has 114 valence electrons. The van der Waals surface area contributed by atoms with Crippen molar-refractivity contribution in [2.75, 3.05) is 39.8 Å². The first kappa shape index (κ1) is 14.3. The average molecular weight is 279 g/mol. The summed E-state index contributed by atoms with van der Waals surface area (Å²) in [5.41, 5.74) is 0. The molecule has 4 unspecified atom stereocenters. The number of piperidine rings is 1. The second kappa shape index (κ2) is 6.02. The fourth-order valence-electron chi connectivity index (χ4n) is 4.12. The molecule has 0 aromatic rings. The molecule has 2 heterocycles. The smallest absolute Gasteiger partial charge is 0.239 e. The molecule has 1 saturated carbocycles. The monoisotopic (exact) mass is 279 g/mol. The molecule has 4 atom stereocenters. The summed E-state index contributed by atoms with van der Waals surface area (Å²) in [7, 11) is 1.93. The SMILES string of the molecule is CCN1CCCC(CN2CC3CC3CC(NC)C2=O)C1. The largest absolute Gasteiger partial charge is 0.341 e. The van der Waals surface area contributed by atoms with E-state index < -0.39 is 0 Å². The van der Waals surface area contributed by atoms with Crippen LogP contribution in [0.25, 0.3) is 0 Å². The Kier molecular flexibility index (Phi) is 4.32. The number of rotatable bonds is 4. The highest BCUT2D eigenvalue weighted by Gasteiger charge is 2.45. The maximum Gasteiger partial charge on any atom is 0.239 e. The topological polar surface area (TPSA) is 35.6 Å². The molecule has 0 aromatic heterocycles. The lowest BCUT2D eigenvalue weighted by Gasteiger charge is -2.35. The Hall–Kier alpha value is -0.610. The molecule has 1 N–H and O–H groups in total. The molecule has 0 spiro atoms. The number of nitrogens with zero attached hydrogens (tertiary/aromatic N) is 2. The molecule has 20 heavy (non-hydrogen) atoms. The maximum absolute atomic E-state index is 12.6. The number of carbonyl (C=O) groups is 1. The molecule has 3 aliphatic rings. The van der Waals surface area contributed by atoms with Crippen LogP contribution in [0.3, 0.4) is 0 Å². The van der Waals surface area contributed by atoms with Gasteiger partial charge in [0.25, 0.3) is 0 Å². The first-order valence-corrected chi connectivity index (χ1v) is 8.39. The van der Waals surface area contributed by atoms with Gasteiger partial charge in [-0.2, -0.15) is 0 Å². The number of fused-ring (bicyclic) bond motifs is 1. The summed E-state index contributed by atoms with van der Waals surface area (Å²) in [4.78, 5) is 17.3. The van der Waals surface area contributed by atoms with Crippen molar-refractivity contribution in [2.24, 2.45) is 17.8 Å². The van der Waals surface area contributed by atoms with Crippen LogP contribution in [0.5, 0.6) is 0 Å². The Labute approximate surface area is 122 Å². The first-order valence-electron chi connectivity index (χ1n) is 8.39. The Morgan fingerprint density at radius 3 is 2.85 bits per heavy atom. The van der Waals surface area contributed by atoms with Crippen LogP contribution in [0.4, 0.5) is 0 Å². The highest BCUT2D eigenvalue weighted by Crippen LogP contribution is 2.44. The van der Waals surface area contributed by atoms with E-state index in [0.29, 0.717) is 11.8 Å². The minimum Gasteiger partial charge on any atom is -0.341 e. The molecule has 4 nitrogen and oxygen atoms in total. The van der Waals surface area contributed by atoms with E-state index in [1.165, 1.54) is 32.4 Å². The molecule has 4 heteroatoms. The highest BCUT2D eigenvalue weighted by atomic mass is 16.2. The number of likely N-dealkylation sites (N-methyl/N-ethyl adjacent to an activating group) is 1. The molecule has 3 rings (SSSR count). The van der Waals surface area contributed by atoms with Crippen molar-refractivity contribution in [3.05, 3.63) is 0 Å². The van der Waals surface area contributed by atoms with Crippen molar-refractivity contribution in [3.63, 3.8) is 0 Å². The van der Waals surface area contributed by atoms with Gasteiger partial charge in [0.2, 0.25) is 5.91 Å². The normalized spacial score (nSPS) is 38.5. The van der Waals surface area contributed by atoms with E-state index in [1.54, 1.807) is 0 Å². The molecule has 2 aliphatic heterocycles. The number of nitrogens with one attached hydrogen (secondary N) is 1. The summed E-state index contributed by atoms with van der Waals surface area (Å²) < 4.78 is 0. The highest BCUT2D eigenvalue weighted by molar-refractivity contribution is 5.82. The summed E-state index contributed by atoms with van der Waals surface area (Å²) in [5, 5.41) is 3.24. The summed E-state index contributed by atoms with van der Waals surface area (Å²) in [6.45, 7) is 7.81. The lowest BCUT2D eigenvalue weighted by molar-refractivity contribution is -0.134. The van der Waals surface area contributed by atoms with Crippen LogP contribution in [0, 0.1) is 17.8 Å². The van der Waals surface area contributed by atoms with Crippen LogP contribution in [-0.4, -0.2) is 61.5 Å².